The Bertz CT molecular complexity index is 405. The predicted octanol–water partition coefficient (Wildman–Crippen LogP) is 1.34. The van der Waals surface area contributed by atoms with Crippen LogP contribution in [0, 0.1) is 0 Å². The van der Waals surface area contributed by atoms with E-state index in [9.17, 15) is 9.90 Å². The molecular formula is C13H17NO3. The second kappa shape index (κ2) is 5.19. The Balaban J connectivity index is 2.03. The Kier molecular flexibility index (Phi) is 3.64. The molecule has 4 nitrogen and oxygen atoms in total. The van der Waals surface area contributed by atoms with Crippen molar-refractivity contribution < 1.29 is 14.6 Å². The van der Waals surface area contributed by atoms with Gasteiger partial charge in [0.25, 0.3) is 5.91 Å². The number of amides is 1. The summed E-state index contributed by atoms with van der Waals surface area (Å²) in [6, 6.07) is 6.88. The molecule has 1 saturated carbocycles. The highest BCUT2D eigenvalue weighted by molar-refractivity contribution is 5.94. The summed E-state index contributed by atoms with van der Waals surface area (Å²) in [5.74, 6) is 0.500. The minimum atomic E-state index is -0.412. The van der Waals surface area contributed by atoms with E-state index in [1.54, 1.807) is 31.4 Å². The van der Waals surface area contributed by atoms with Gasteiger partial charge in [0.05, 0.1) is 19.3 Å². The van der Waals surface area contributed by atoms with E-state index < -0.39 is 6.10 Å². The van der Waals surface area contributed by atoms with E-state index in [1.807, 2.05) is 0 Å². The Labute approximate surface area is 101 Å². The molecule has 0 aromatic heterocycles. The van der Waals surface area contributed by atoms with Crippen molar-refractivity contribution in [3.05, 3.63) is 29.8 Å². The molecule has 92 valence electrons. The highest BCUT2D eigenvalue weighted by Crippen LogP contribution is 2.19. The minimum absolute atomic E-state index is 0.117. The largest absolute Gasteiger partial charge is 0.497 e. The van der Waals surface area contributed by atoms with E-state index in [1.165, 1.54) is 0 Å². The first-order valence-electron chi connectivity index (χ1n) is 5.83. The monoisotopic (exact) mass is 235 g/mol. The number of nitrogens with one attached hydrogen (secondary N) is 1. The maximum absolute atomic E-state index is 11.9. The van der Waals surface area contributed by atoms with Crippen LogP contribution in [0.5, 0.6) is 5.75 Å². The zero-order valence-corrected chi connectivity index (χ0v) is 9.85. The number of hydrogen-bond acceptors (Lipinski definition) is 3. The summed E-state index contributed by atoms with van der Waals surface area (Å²) in [6.07, 6.45) is 2.16. The fraction of sp³-hybridized carbons (Fsp3) is 0.462. The number of ether oxygens (including phenoxy) is 1. The average Bonchev–Trinajstić information content (AvgIpc) is 2.75. The van der Waals surface area contributed by atoms with Gasteiger partial charge in [0.2, 0.25) is 0 Å². The van der Waals surface area contributed by atoms with Gasteiger partial charge in [-0.15, -0.1) is 0 Å². The van der Waals surface area contributed by atoms with Crippen molar-refractivity contribution in [2.45, 2.75) is 31.4 Å². The maximum Gasteiger partial charge on any atom is 0.251 e. The molecule has 0 radical (unpaired) electrons. The van der Waals surface area contributed by atoms with Crippen LogP contribution in [0.3, 0.4) is 0 Å². The van der Waals surface area contributed by atoms with Gasteiger partial charge in [-0.3, -0.25) is 4.79 Å². The van der Waals surface area contributed by atoms with E-state index >= 15 is 0 Å². The standard InChI is InChI=1S/C13H17NO3/c1-17-10-5-2-4-9(8-10)13(16)14-11-6-3-7-12(11)15/h2,4-5,8,11-12,15H,3,6-7H2,1H3,(H,14,16). The quantitative estimate of drug-likeness (QED) is 0.831. The Morgan fingerprint density at radius 1 is 1.47 bits per heavy atom. The zero-order valence-electron chi connectivity index (χ0n) is 9.85. The van der Waals surface area contributed by atoms with E-state index in [-0.39, 0.29) is 11.9 Å². The lowest BCUT2D eigenvalue weighted by Crippen LogP contribution is -2.39. The molecule has 1 amide bonds. The van der Waals surface area contributed by atoms with Crippen LogP contribution in [-0.2, 0) is 0 Å². The topological polar surface area (TPSA) is 58.6 Å². The van der Waals surface area contributed by atoms with Gasteiger partial charge in [-0.05, 0) is 37.5 Å². The van der Waals surface area contributed by atoms with Gasteiger partial charge in [-0.25, -0.2) is 0 Å². The molecule has 0 spiro atoms. The summed E-state index contributed by atoms with van der Waals surface area (Å²) in [5.41, 5.74) is 0.559. The first-order valence-corrected chi connectivity index (χ1v) is 5.83. The van der Waals surface area contributed by atoms with Gasteiger partial charge >= 0.3 is 0 Å². The number of hydrogen-bond donors (Lipinski definition) is 2. The van der Waals surface area contributed by atoms with E-state index in [0.717, 1.165) is 19.3 Å². The third kappa shape index (κ3) is 2.77. The van der Waals surface area contributed by atoms with Crippen LogP contribution >= 0.6 is 0 Å². The van der Waals surface area contributed by atoms with Crippen LogP contribution in [0.1, 0.15) is 29.6 Å². The third-order valence-electron chi connectivity index (χ3n) is 3.13. The van der Waals surface area contributed by atoms with E-state index in [4.69, 9.17) is 4.74 Å². The third-order valence-corrected chi connectivity index (χ3v) is 3.13. The molecule has 2 atom stereocenters. The second-order valence-electron chi connectivity index (χ2n) is 4.31. The van der Waals surface area contributed by atoms with Gasteiger partial charge in [-0.2, -0.15) is 0 Å². The molecule has 0 heterocycles. The molecule has 1 fully saturated rings. The van der Waals surface area contributed by atoms with Crippen molar-refractivity contribution in [1.29, 1.82) is 0 Å². The van der Waals surface area contributed by atoms with Crippen molar-refractivity contribution in [2.24, 2.45) is 0 Å². The summed E-state index contributed by atoms with van der Waals surface area (Å²) >= 11 is 0. The van der Waals surface area contributed by atoms with Crippen molar-refractivity contribution in [2.75, 3.05) is 7.11 Å². The first-order chi connectivity index (χ1) is 8.20. The molecule has 17 heavy (non-hydrogen) atoms. The van der Waals surface area contributed by atoms with Crippen LogP contribution < -0.4 is 10.1 Å². The number of rotatable bonds is 3. The molecule has 4 heteroatoms. The van der Waals surface area contributed by atoms with Gasteiger partial charge < -0.3 is 15.2 Å². The van der Waals surface area contributed by atoms with Crippen molar-refractivity contribution in [3.63, 3.8) is 0 Å². The van der Waals surface area contributed by atoms with Gasteiger partial charge in [0, 0.05) is 5.56 Å². The number of carbonyl (C=O) groups is 1. The molecule has 2 unspecified atom stereocenters. The molecular weight excluding hydrogens is 218 g/mol. The van der Waals surface area contributed by atoms with Crippen LogP contribution in [0.2, 0.25) is 0 Å². The molecule has 1 aliphatic carbocycles. The van der Waals surface area contributed by atoms with Crippen molar-refractivity contribution in [1.82, 2.24) is 5.32 Å². The normalized spacial score (nSPS) is 23.4. The van der Waals surface area contributed by atoms with Gasteiger partial charge in [0.15, 0.2) is 0 Å². The SMILES string of the molecule is COc1cccc(C(=O)NC2CCCC2O)c1. The lowest BCUT2D eigenvalue weighted by molar-refractivity contribution is 0.0873. The second-order valence-corrected chi connectivity index (χ2v) is 4.31. The van der Waals surface area contributed by atoms with Gasteiger partial charge in [-0.1, -0.05) is 6.07 Å². The number of aliphatic hydroxyl groups excluding tert-OH is 1. The average molecular weight is 235 g/mol. The first kappa shape index (κ1) is 11.9. The Morgan fingerprint density at radius 3 is 2.94 bits per heavy atom. The lowest BCUT2D eigenvalue weighted by atomic mass is 10.1. The predicted molar refractivity (Wildman–Crippen MR) is 64.1 cm³/mol. The summed E-state index contributed by atoms with van der Waals surface area (Å²) in [7, 11) is 1.57. The van der Waals surface area contributed by atoms with E-state index in [0.29, 0.717) is 11.3 Å². The number of aliphatic hydroxyl groups is 1. The summed E-state index contributed by atoms with van der Waals surface area (Å²) in [4.78, 5) is 11.9. The van der Waals surface area contributed by atoms with Crippen LogP contribution in [0.15, 0.2) is 24.3 Å². The minimum Gasteiger partial charge on any atom is -0.497 e. The Hall–Kier alpha value is -1.55. The van der Waals surface area contributed by atoms with Gasteiger partial charge in [0.1, 0.15) is 5.75 Å². The fourth-order valence-electron chi connectivity index (χ4n) is 2.12. The lowest BCUT2D eigenvalue weighted by Gasteiger charge is -2.16. The summed E-state index contributed by atoms with van der Waals surface area (Å²) in [5, 5.41) is 12.5. The number of methoxy groups -OCH3 is 1. The Morgan fingerprint density at radius 2 is 2.29 bits per heavy atom. The number of carbonyl (C=O) groups excluding carboxylic acids is 1. The molecule has 2 N–H and O–H groups in total. The van der Waals surface area contributed by atoms with Crippen molar-refractivity contribution in [3.8, 4) is 5.75 Å². The molecule has 0 bridgehead atoms. The highest BCUT2D eigenvalue weighted by atomic mass is 16.5. The molecule has 0 aliphatic heterocycles. The molecule has 2 rings (SSSR count). The zero-order chi connectivity index (χ0) is 12.3. The fourth-order valence-corrected chi connectivity index (χ4v) is 2.12. The van der Waals surface area contributed by atoms with Crippen LogP contribution in [0.25, 0.3) is 0 Å². The smallest absolute Gasteiger partial charge is 0.251 e. The van der Waals surface area contributed by atoms with E-state index in [2.05, 4.69) is 5.32 Å². The molecule has 1 aliphatic rings. The van der Waals surface area contributed by atoms with Crippen LogP contribution in [0.4, 0.5) is 0 Å². The number of benzene rings is 1. The van der Waals surface area contributed by atoms with Crippen molar-refractivity contribution >= 4 is 5.91 Å². The maximum atomic E-state index is 11.9. The summed E-state index contributed by atoms with van der Waals surface area (Å²) in [6.45, 7) is 0. The molecule has 1 aromatic rings. The highest BCUT2D eigenvalue weighted by Gasteiger charge is 2.26. The summed E-state index contributed by atoms with van der Waals surface area (Å²) < 4.78 is 5.07. The van der Waals surface area contributed by atoms with Crippen LogP contribution in [-0.4, -0.2) is 30.3 Å². The molecule has 1 aromatic carbocycles. The molecule has 0 saturated heterocycles.